The first kappa shape index (κ1) is 43.3. The lowest BCUT2D eigenvalue weighted by Gasteiger charge is -2.73. The third kappa shape index (κ3) is 6.05. The van der Waals surface area contributed by atoms with Crippen molar-refractivity contribution in [3.63, 3.8) is 0 Å². The highest BCUT2D eigenvalue weighted by molar-refractivity contribution is 5.86. The lowest BCUT2D eigenvalue weighted by molar-refractivity contribution is -0.251. The number of rotatable bonds is 7. The van der Waals surface area contributed by atoms with E-state index >= 15 is 4.79 Å². The molecule has 7 saturated carbocycles. The number of ether oxygens (including phenoxy) is 2. The van der Waals surface area contributed by atoms with Crippen molar-refractivity contribution in [1.29, 1.82) is 0 Å². The molecule has 8 heteroatoms. The Hall–Kier alpha value is -2.38. The van der Waals surface area contributed by atoms with Gasteiger partial charge in [0.25, 0.3) is 0 Å². The summed E-state index contributed by atoms with van der Waals surface area (Å²) >= 11 is 0. The van der Waals surface area contributed by atoms with Gasteiger partial charge >= 0.3 is 11.9 Å². The van der Waals surface area contributed by atoms with Crippen LogP contribution in [0.15, 0.2) is 12.2 Å². The number of likely N-dealkylation sites (tertiary alicyclic amines) is 1. The zero-order chi connectivity index (χ0) is 42.9. The van der Waals surface area contributed by atoms with E-state index in [2.05, 4.69) is 72.2 Å². The topological polar surface area (TPSA) is 102 Å². The molecular weight excluding hydrogens is 737 g/mol. The summed E-state index contributed by atoms with van der Waals surface area (Å²) in [5, 5.41) is 3.66. The molecule has 0 bridgehead atoms. The number of fused-ring (bicyclic) bond motifs is 7. The Labute approximate surface area is 356 Å². The molecule has 8 nitrogen and oxygen atoms in total. The Morgan fingerprint density at radius 1 is 0.661 bits per heavy atom. The zero-order valence-corrected chi connectivity index (χ0v) is 38.9. The minimum atomic E-state index is -0.469. The van der Waals surface area contributed by atoms with E-state index in [1.165, 1.54) is 25.5 Å². The number of allylic oxidation sites excluding steroid dienone is 1. The van der Waals surface area contributed by atoms with E-state index in [1.807, 2.05) is 13.8 Å². The van der Waals surface area contributed by atoms with Crippen LogP contribution in [-0.4, -0.2) is 61.0 Å². The quantitative estimate of drug-likeness (QED) is 0.203. The minimum Gasteiger partial charge on any atom is -0.469 e. The normalized spacial score (nSPS) is 46.4. The number of carbonyl (C=O) groups is 4. The molecule has 0 spiro atoms. The second-order valence-electron chi connectivity index (χ2n) is 24.3. The van der Waals surface area contributed by atoms with Crippen LogP contribution in [0.2, 0.25) is 0 Å². The number of esters is 2. The van der Waals surface area contributed by atoms with Crippen LogP contribution in [0.25, 0.3) is 0 Å². The van der Waals surface area contributed by atoms with Crippen LogP contribution >= 0.6 is 0 Å². The van der Waals surface area contributed by atoms with Gasteiger partial charge in [-0.15, -0.1) is 0 Å². The minimum absolute atomic E-state index is 0.0184. The summed E-state index contributed by atoms with van der Waals surface area (Å²) in [6.45, 7) is 29.6. The van der Waals surface area contributed by atoms with E-state index in [4.69, 9.17) is 9.47 Å². The molecule has 1 N–H and O–H groups in total. The van der Waals surface area contributed by atoms with Crippen LogP contribution < -0.4 is 5.32 Å². The third-order valence-corrected chi connectivity index (χ3v) is 21.3. The fourth-order valence-corrected chi connectivity index (χ4v) is 17.0. The van der Waals surface area contributed by atoms with Crippen LogP contribution in [0.4, 0.5) is 0 Å². The number of carbonyl (C=O) groups excluding carboxylic acids is 4. The van der Waals surface area contributed by atoms with Gasteiger partial charge in [0.15, 0.2) is 0 Å². The SMILES string of the molecule is C=C(C)[C@@H]1CC[C@]2(C(=O)N[C@@H]3C[C@H](C(=O)N4CCCCC4)C3(C)C)CC[C@]3(C)[C@H](CC[C@@H]4[C@@]5(C)CC[C@H](OC(=O)[C@@H]6C[C@H](C(=O)OC)C6(C)C)C(C)(C)[C@@H]5CC[C@]43C)[C@@H]12. The summed E-state index contributed by atoms with van der Waals surface area (Å²) in [4.78, 5) is 57.0. The number of hydrogen-bond acceptors (Lipinski definition) is 6. The molecule has 0 unspecified atom stereocenters. The van der Waals surface area contributed by atoms with Gasteiger partial charge < -0.3 is 19.7 Å². The number of hydrogen-bond donors (Lipinski definition) is 1. The molecule has 2 amide bonds. The maximum Gasteiger partial charge on any atom is 0.309 e. The van der Waals surface area contributed by atoms with E-state index in [-0.39, 0.29) is 86.2 Å². The van der Waals surface area contributed by atoms with Crippen LogP contribution in [-0.2, 0) is 28.7 Å². The lowest BCUT2D eigenvalue weighted by atomic mass is 9.32. The smallest absolute Gasteiger partial charge is 0.309 e. The molecule has 7 aliphatic carbocycles. The van der Waals surface area contributed by atoms with Crippen molar-refractivity contribution in [2.24, 2.45) is 85.2 Å². The van der Waals surface area contributed by atoms with Gasteiger partial charge in [0, 0.05) is 30.5 Å². The fraction of sp³-hybridized carbons (Fsp3) is 0.882. The standard InChI is InChI=1S/C51H80N2O6/c1-30(2)31-18-23-51(44(57)52-38-29-33(46(38,5)6)41(54)53-26-14-13-15-27-53)25-24-49(10)32(40(31)51)16-17-37-48(9)21-20-39(47(7,8)36(48)19-22-50(37,49)11)59-43(56)35-28-34(42(55)58-12)45(35,3)4/h31-40H,1,13-29H2,2-12H3,(H,52,57)/t31-,32+,33+,34+,35-,36-,37+,38+,39-,40+,48-,49+,50+,51-/m0/s1. The summed E-state index contributed by atoms with van der Waals surface area (Å²) in [6, 6.07) is 0.0270. The molecule has 0 aromatic carbocycles. The highest BCUT2D eigenvalue weighted by Crippen LogP contribution is 2.78. The first-order valence-corrected chi connectivity index (χ1v) is 24.1. The molecule has 1 aliphatic heterocycles. The van der Waals surface area contributed by atoms with Crippen LogP contribution in [0, 0.1) is 85.2 Å². The second kappa shape index (κ2) is 14.3. The Morgan fingerprint density at radius 3 is 1.97 bits per heavy atom. The first-order valence-electron chi connectivity index (χ1n) is 24.1. The van der Waals surface area contributed by atoms with Crippen molar-refractivity contribution in [2.75, 3.05) is 20.2 Å². The monoisotopic (exact) mass is 817 g/mol. The summed E-state index contributed by atoms with van der Waals surface area (Å²) in [5.74, 6) is 1.72. The molecule has 1 saturated heterocycles. The van der Waals surface area contributed by atoms with Crippen molar-refractivity contribution in [1.82, 2.24) is 10.2 Å². The Kier molecular flexibility index (Phi) is 10.5. The van der Waals surface area contributed by atoms with E-state index in [9.17, 15) is 14.4 Å². The number of methoxy groups -OCH3 is 1. The molecule has 0 aromatic rings. The summed E-state index contributed by atoms with van der Waals surface area (Å²) in [7, 11) is 1.43. The number of nitrogens with one attached hydrogen (secondary N) is 1. The Balaban J connectivity index is 0.994. The van der Waals surface area contributed by atoms with E-state index in [0.29, 0.717) is 36.0 Å². The van der Waals surface area contributed by atoms with Gasteiger partial charge in [-0.1, -0.05) is 74.5 Å². The largest absolute Gasteiger partial charge is 0.469 e. The second-order valence-corrected chi connectivity index (χ2v) is 24.3. The average Bonchev–Trinajstić information content (AvgIpc) is 3.58. The lowest BCUT2D eigenvalue weighted by Crippen LogP contribution is -2.68. The summed E-state index contributed by atoms with van der Waals surface area (Å²) < 4.78 is 11.6. The summed E-state index contributed by atoms with van der Waals surface area (Å²) in [6.07, 6.45) is 15.1. The van der Waals surface area contributed by atoms with E-state index in [0.717, 1.165) is 90.1 Å². The van der Waals surface area contributed by atoms with Crippen molar-refractivity contribution < 1.29 is 28.7 Å². The van der Waals surface area contributed by atoms with Crippen molar-refractivity contribution in [3.8, 4) is 0 Å². The van der Waals surface area contributed by atoms with Crippen molar-refractivity contribution in [3.05, 3.63) is 12.2 Å². The van der Waals surface area contributed by atoms with Crippen LogP contribution in [0.1, 0.15) is 166 Å². The van der Waals surface area contributed by atoms with Crippen LogP contribution in [0.3, 0.4) is 0 Å². The van der Waals surface area contributed by atoms with Gasteiger partial charge in [0.1, 0.15) is 6.10 Å². The highest BCUT2D eigenvalue weighted by atomic mass is 16.5. The third-order valence-electron chi connectivity index (χ3n) is 21.3. The van der Waals surface area contributed by atoms with Gasteiger partial charge in [-0.3, -0.25) is 19.2 Å². The van der Waals surface area contributed by atoms with Crippen molar-refractivity contribution in [2.45, 2.75) is 178 Å². The molecule has 8 rings (SSSR count). The van der Waals surface area contributed by atoms with Crippen molar-refractivity contribution >= 4 is 23.8 Å². The van der Waals surface area contributed by atoms with Gasteiger partial charge in [-0.05, 0) is 160 Å². The molecule has 0 aromatic heterocycles. The number of nitrogens with zero attached hydrogens (tertiary/aromatic N) is 1. The Bertz CT molecular complexity index is 1740. The molecular formula is C51H80N2O6. The zero-order valence-electron chi connectivity index (χ0n) is 38.9. The van der Waals surface area contributed by atoms with E-state index in [1.54, 1.807) is 0 Å². The van der Waals surface area contributed by atoms with Gasteiger partial charge in [0.05, 0.1) is 24.4 Å². The average molecular weight is 817 g/mol. The van der Waals surface area contributed by atoms with Gasteiger partial charge in [-0.2, -0.15) is 0 Å². The maximum atomic E-state index is 15.1. The predicted octanol–water partition coefficient (Wildman–Crippen LogP) is 9.93. The summed E-state index contributed by atoms with van der Waals surface area (Å²) in [5.41, 5.74) is 0.355. The molecule has 59 heavy (non-hydrogen) atoms. The highest BCUT2D eigenvalue weighted by Gasteiger charge is 2.72. The van der Waals surface area contributed by atoms with Crippen LogP contribution in [0.5, 0.6) is 0 Å². The molecule has 330 valence electrons. The fourth-order valence-electron chi connectivity index (χ4n) is 17.0. The first-order chi connectivity index (χ1) is 27.5. The molecule has 8 fully saturated rings. The maximum absolute atomic E-state index is 15.1. The molecule has 0 radical (unpaired) electrons. The molecule has 1 heterocycles. The predicted molar refractivity (Wildman–Crippen MR) is 230 cm³/mol. The van der Waals surface area contributed by atoms with E-state index < -0.39 is 5.41 Å². The Morgan fingerprint density at radius 2 is 1.34 bits per heavy atom. The molecule has 8 aliphatic rings. The molecule has 14 atom stereocenters. The van der Waals surface area contributed by atoms with Gasteiger partial charge in [-0.25, -0.2) is 0 Å². The number of piperidine rings is 1. The number of amides is 2. The van der Waals surface area contributed by atoms with Gasteiger partial charge in [0.2, 0.25) is 11.8 Å².